The number of nitrogens with zero attached hydrogens (tertiary/aromatic N) is 1. The summed E-state index contributed by atoms with van der Waals surface area (Å²) in [6, 6.07) is 9.79. The zero-order chi connectivity index (χ0) is 13.7. The first-order valence-corrected chi connectivity index (χ1v) is 6.66. The molecule has 1 heterocycles. The van der Waals surface area contributed by atoms with Crippen LogP contribution in [0.2, 0.25) is 0 Å². The zero-order valence-corrected chi connectivity index (χ0v) is 11.2. The van der Waals surface area contributed by atoms with Crippen molar-refractivity contribution in [1.29, 1.82) is 5.26 Å². The third-order valence-electron chi connectivity index (χ3n) is 3.70. The van der Waals surface area contributed by atoms with Crippen LogP contribution in [0.25, 0.3) is 0 Å². The predicted octanol–water partition coefficient (Wildman–Crippen LogP) is 1.75. The lowest BCUT2D eigenvalue weighted by Gasteiger charge is -2.33. The van der Waals surface area contributed by atoms with Crippen molar-refractivity contribution in [2.45, 2.75) is 31.4 Å². The number of nitriles is 1. The molecule has 1 atom stereocenters. The standard InChI is InChI=1S/C15H20N2O2/c1-12(14-4-2-13(10-16)3-5-14)17-11-15(18)6-8-19-9-7-15/h2-5,12,17-18H,6-9,11H2,1H3. The van der Waals surface area contributed by atoms with Gasteiger partial charge in [0.2, 0.25) is 0 Å². The summed E-state index contributed by atoms with van der Waals surface area (Å²) in [5.41, 5.74) is 1.13. The van der Waals surface area contributed by atoms with Gasteiger partial charge in [0.15, 0.2) is 0 Å². The molecule has 1 unspecified atom stereocenters. The molecule has 1 aliphatic rings. The van der Waals surface area contributed by atoms with Crippen molar-refractivity contribution in [3.63, 3.8) is 0 Å². The molecule has 2 rings (SSSR count). The minimum Gasteiger partial charge on any atom is -0.388 e. The first-order chi connectivity index (χ1) is 9.13. The first-order valence-electron chi connectivity index (χ1n) is 6.66. The average Bonchev–Trinajstić information content (AvgIpc) is 2.46. The van der Waals surface area contributed by atoms with E-state index in [1.165, 1.54) is 0 Å². The fraction of sp³-hybridized carbons (Fsp3) is 0.533. The second-order valence-electron chi connectivity index (χ2n) is 5.17. The summed E-state index contributed by atoms with van der Waals surface area (Å²) in [5.74, 6) is 0. The normalized spacial score (nSPS) is 19.6. The van der Waals surface area contributed by atoms with Gasteiger partial charge in [-0.05, 0) is 24.6 Å². The second-order valence-corrected chi connectivity index (χ2v) is 5.17. The van der Waals surface area contributed by atoms with Crippen LogP contribution in [0.5, 0.6) is 0 Å². The van der Waals surface area contributed by atoms with Crippen molar-refractivity contribution < 1.29 is 9.84 Å². The van der Waals surface area contributed by atoms with Gasteiger partial charge in [-0.15, -0.1) is 0 Å². The van der Waals surface area contributed by atoms with Crippen molar-refractivity contribution in [2.24, 2.45) is 0 Å². The number of hydrogen-bond acceptors (Lipinski definition) is 4. The molecule has 0 saturated carbocycles. The van der Waals surface area contributed by atoms with Crippen LogP contribution < -0.4 is 5.32 Å². The quantitative estimate of drug-likeness (QED) is 0.865. The molecule has 1 aliphatic heterocycles. The monoisotopic (exact) mass is 260 g/mol. The lowest BCUT2D eigenvalue weighted by atomic mass is 9.94. The third kappa shape index (κ3) is 3.77. The fourth-order valence-corrected chi connectivity index (χ4v) is 2.24. The number of nitrogens with one attached hydrogen (secondary N) is 1. The summed E-state index contributed by atoms with van der Waals surface area (Å²) in [7, 11) is 0. The minimum absolute atomic E-state index is 0.152. The molecule has 1 fully saturated rings. The van der Waals surface area contributed by atoms with Crippen LogP contribution in [0, 0.1) is 11.3 Å². The van der Waals surface area contributed by atoms with Crippen molar-refractivity contribution in [2.75, 3.05) is 19.8 Å². The molecule has 1 aromatic rings. The van der Waals surface area contributed by atoms with Crippen LogP contribution in [0.15, 0.2) is 24.3 Å². The van der Waals surface area contributed by atoms with E-state index in [2.05, 4.69) is 18.3 Å². The molecule has 0 amide bonds. The van der Waals surface area contributed by atoms with Gasteiger partial charge in [-0.3, -0.25) is 0 Å². The van der Waals surface area contributed by atoms with Gasteiger partial charge in [0.1, 0.15) is 0 Å². The smallest absolute Gasteiger partial charge is 0.0991 e. The lowest BCUT2D eigenvalue weighted by molar-refractivity contribution is -0.0626. The Morgan fingerprint density at radius 3 is 2.58 bits per heavy atom. The summed E-state index contributed by atoms with van der Waals surface area (Å²) in [6.45, 7) is 3.88. The van der Waals surface area contributed by atoms with Gasteiger partial charge in [-0.25, -0.2) is 0 Å². The van der Waals surface area contributed by atoms with Gasteiger partial charge in [0.25, 0.3) is 0 Å². The summed E-state index contributed by atoms with van der Waals surface area (Å²) in [5, 5.41) is 22.5. The molecule has 4 nitrogen and oxygen atoms in total. The van der Waals surface area contributed by atoms with Crippen molar-refractivity contribution in [3.8, 4) is 6.07 Å². The first kappa shape index (κ1) is 14.0. The Morgan fingerprint density at radius 2 is 2.00 bits per heavy atom. The number of benzene rings is 1. The fourth-order valence-electron chi connectivity index (χ4n) is 2.24. The number of aliphatic hydroxyl groups is 1. The lowest BCUT2D eigenvalue weighted by Crippen LogP contribution is -2.45. The molecular weight excluding hydrogens is 240 g/mol. The van der Waals surface area contributed by atoms with Crippen LogP contribution >= 0.6 is 0 Å². The number of hydrogen-bond donors (Lipinski definition) is 2. The number of ether oxygens (including phenoxy) is 1. The highest BCUT2D eigenvalue weighted by molar-refractivity contribution is 5.32. The maximum absolute atomic E-state index is 10.4. The molecule has 4 heteroatoms. The average molecular weight is 260 g/mol. The van der Waals surface area contributed by atoms with Gasteiger partial charge in [-0.2, -0.15) is 5.26 Å². The van der Waals surface area contributed by atoms with Crippen molar-refractivity contribution in [3.05, 3.63) is 35.4 Å². The Hall–Kier alpha value is -1.41. The van der Waals surface area contributed by atoms with Gasteiger partial charge in [-0.1, -0.05) is 12.1 Å². The number of rotatable bonds is 4. The minimum atomic E-state index is -0.654. The molecule has 0 spiro atoms. The van der Waals surface area contributed by atoms with Crippen molar-refractivity contribution >= 4 is 0 Å². The van der Waals surface area contributed by atoms with E-state index in [0.717, 1.165) is 5.56 Å². The third-order valence-corrected chi connectivity index (χ3v) is 3.70. The van der Waals surface area contributed by atoms with E-state index in [-0.39, 0.29) is 6.04 Å². The van der Waals surface area contributed by atoms with E-state index in [1.807, 2.05) is 24.3 Å². The molecule has 102 valence electrons. The molecule has 0 bridgehead atoms. The molecule has 19 heavy (non-hydrogen) atoms. The Labute approximate surface area is 114 Å². The van der Waals surface area contributed by atoms with Crippen LogP contribution in [0.3, 0.4) is 0 Å². The molecule has 2 N–H and O–H groups in total. The molecule has 0 aromatic heterocycles. The maximum Gasteiger partial charge on any atom is 0.0991 e. The summed E-state index contributed by atoms with van der Waals surface area (Å²) in [4.78, 5) is 0. The van der Waals surface area contributed by atoms with Crippen LogP contribution in [-0.4, -0.2) is 30.5 Å². The van der Waals surface area contributed by atoms with Gasteiger partial charge in [0, 0.05) is 38.6 Å². The molecular formula is C15H20N2O2. The topological polar surface area (TPSA) is 65.3 Å². The SMILES string of the molecule is CC(NCC1(O)CCOCC1)c1ccc(C#N)cc1. The Morgan fingerprint density at radius 1 is 1.37 bits per heavy atom. The zero-order valence-electron chi connectivity index (χ0n) is 11.2. The van der Waals surface area contributed by atoms with Crippen LogP contribution in [0.4, 0.5) is 0 Å². The van der Waals surface area contributed by atoms with E-state index in [4.69, 9.17) is 10.00 Å². The molecule has 0 radical (unpaired) electrons. The van der Waals surface area contributed by atoms with E-state index in [1.54, 1.807) is 0 Å². The van der Waals surface area contributed by atoms with E-state index in [0.29, 0.717) is 38.2 Å². The molecule has 1 saturated heterocycles. The van der Waals surface area contributed by atoms with E-state index >= 15 is 0 Å². The van der Waals surface area contributed by atoms with Crippen LogP contribution in [-0.2, 0) is 4.74 Å². The van der Waals surface area contributed by atoms with Gasteiger partial charge >= 0.3 is 0 Å². The van der Waals surface area contributed by atoms with E-state index < -0.39 is 5.60 Å². The highest BCUT2D eigenvalue weighted by atomic mass is 16.5. The molecule has 0 aliphatic carbocycles. The van der Waals surface area contributed by atoms with E-state index in [9.17, 15) is 5.11 Å². The Bertz CT molecular complexity index is 444. The Kier molecular flexibility index (Phi) is 4.54. The van der Waals surface area contributed by atoms with Gasteiger partial charge < -0.3 is 15.2 Å². The highest BCUT2D eigenvalue weighted by Crippen LogP contribution is 2.21. The van der Waals surface area contributed by atoms with Crippen molar-refractivity contribution in [1.82, 2.24) is 5.32 Å². The largest absolute Gasteiger partial charge is 0.388 e. The molecule has 1 aromatic carbocycles. The predicted molar refractivity (Wildman–Crippen MR) is 72.6 cm³/mol. The summed E-state index contributed by atoms with van der Waals surface area (Å²) >= 11 is 0. The highest BCUT2D eigenvalue weighted by Gasteiger charge is 2.29. The van der Waals surface area contributed by atoms with Crippen LogP contribution in [0.1, 0.15) is 36.9 Å². The maximum atomic E-state index is 10.4. The van der Waals surface area contributed by atoms with Gasteiger partial charge in [0.05, 0.1) is 17.2 Å². The Balaban J connectivity index is 1.89. The summed E-state index contributed by atoms with van der Waals surface area (Å²) in [6.07, 6.45) is 1.36. The summed E-state index contributed by atoms with van der Waals surface area (Å²) < 4.78 is 5.26. The second kappa shape index (κ2) is 6.16.